The average molecular weight is 726 g/mol. The second-order valence-corrected chi connectivity index (χ2v) is 14.2. The van der Waals surface area contributed by atoms with Crippen molar-refractivity contribution in [3.63, 3.8) is 0 Å². The largest absolute Gasteiger partial charge is 0.455 e. The van der Waals surface area contributed by atoms with Crippen LogP contribution in [0.1, 0.15) is 0 Å². The first kappa shape index (κ1) is 38.5. The number of hydrogen-bond donors (Lipinski definition) is 0. The third-order valence-corrected chi connectivity index (χ3v) is 10.8. The van der Waals surface area contributed by atoms with Gasteiger partial charge in [0.2, 0.25) is 0 Å². The summed E-state index contributed by atoms with van der Waals surface area (Å²) < 4.78 is 6.62. The van der Waals surface area contributed by atoms with Gasteiger partial charge in [-0.3, -0.25) is 0 Å². The van der Waals surface area contributed by atoms with Gasteiger partial charge in [-0.25, -0.2) is 15.0 Å². The van der Waals surface area contributed by atoms with E-state index < -0.39 is 0 Å². The van der Waals surface area contributed by atoms with Gasteiger partial charge in [0, 0.05) is 33.0 Å². The van der Waals surface area contributed by atoms with Crippen molar-refractivity contribution in [3.8, 4) is 67.5 Å². The second-order valence-electron chi connectivity index (χ2n) is 14.2. The minimum absolute atomic E-state index is 0.00809. The van der Waals surface area contributed by atoms with Crippen molar-refractivity contribution in [1.29, 1.82) is 0 Å². The molecule has 9 aromatic rings. The highest BCUT2D eigenvalue weighted by Gasteiger charge is 2.22. The fourth-order valence-electron chi connectivity index (χ4n) is 7.40. The first-order valence-corrected chi connectivity index (χ1v) is 18.4. The van der Waals surface area contributed by atoms with Crippen molar-refractivity contribution < 1.29 is 4.42 Å². The SMILES string of the molecule is [B]c1c([B])c([B])c(-c2nc(-c3ccc4c(c3)oc3c(-c5ccc(-c6ccc(-c7ccccc7)cc6)cc5)cccc34)nc(-c3c([B])c([B])c([B])c([B])c3[B])n2)c([B])c1[B]. The number of para-hydroxylation sites is 1. The van der Waals surface area contributed by atoms with Crippen LogP contribution in [0.25, 0.3) is 89.5 Å². The van der Waals surface area contributed by atoms with Crippen LogP contribution in [-0.4, -0.2) is 93.4 Å². The highest BCUT2D eigenvalue weighted by Crippen LogP contribution is 2.38. The molecule has 0 aliphatic carbocycles. The molecular formula is C45H19B10N3O. The lowest BCUT2D eigenvalue weighted by atomic mass is 9.60. The van der Waals surface area contributed by atoms with Gasteiger partial charge < -0.3 is 4.42 Å². The molecule has 0 bridgehead atoms. The molecule has 0 aliphatic heterocycles. The minimum Gasteiger partial charge on any atom is -0.455 e. The summed E-state index contributed by atoms with van der Waals surface area (Å²) in [6.07, 6.45) is 0. The molecule has 0 saturated carbocycles. The molecule has 59 heavy (non-hydrogen) atoms. The molecule has 2 aromatic heterocycles. The Hall–Kier alpha value is -6.00. The fraction of sp³-hybridized carbons (Fsp3) is 0. The molecular weight excluding hydrogens is 707 g/mol. The van der Waals surface area contributed by atoms with Crippen LogP contribution in [0, 0.1) is 0 Å². The van der Waals surface area contributed by atoms with Gasteiger partial charge in [0.25, 0.3) is 0 Å². The normalized spacial score (nSPS) is 11.4. The number of hydrogen-bond acceptors (Lipinski definition) is 4. The van der Waals surface area contributed by atoms with Gasteiger partial charge in [0.05, 0.1) is 0 Å². The van der Waals surface area contributed by atoms with Crippen LogP contribution in [-0.2, 0) is 0 Å². The van der Waals surface area contributed by atoms with E-state index in [4.69, 9.17) is 92.8 Å². The summed E-state index contributed by atoms with van der Waals surface area (Å²) in [6, 6.07) is 39.0. The van der Waals surface area contributed by atoms with Crippen LogP contribution in [0.15, 0.2) is 120 Å². The molecule has 4 nitrogen and oxygen atoms in total. The van der Waals surface area contributed by atoms with E-state index in [0.717, 1.165) is 38.6 Å². The Morgan fingerprint density at radius 1 is 0.322 bits per heavy atom. The van der Waals surface area contributed by atoms with Gasteiger partial charge in [-0.2, -0.15) is 0 Å². The lowest BCUT2D eigenvalue weighted by Gasteiger charge is -2.22. The number of rotatable bonds is 6. The third kappa shape index (κ3) is 6.54. The van der Waals surface area contributed by atoms with Crippen molar-refractivity contribution in [2.45, 2.75) is 0 Å². The molecule has 250 valence electrons. The topological polar surface area (TPSA) is 51.8 Å². The summed E-state index contributed by atoms with van der Waals surface area (Å²) in [5.74, 6) is 0.197. The van der Waals surface area contributed by atoms with Gasteiger partial charge in [-0.1, -0.05) is 125 Å². The van der Waals surface area contributed by atoms with Crippen molar-refractivity contribution in [2.75, 3.05) is 0 Å². The van der Waals surface area contributed by atoms with Crippen molar-refractivity contribution in [1.82, 2.24) is 15.0 Å². The van der Waals surface area contributed by atoms with E-state index >= 15 is 0 Å². The number of fused-ring (bicyclic) bond motifs is 3. The van der Waals surface area contributed by atoms with Crippen LogP contribution in [0.2, 0.25) is 0 Å². The van der Waals surface area contributed by atoms with Crippen molar-refractivity contribution in [3.05, 3.63) is 115 Å². The number of aromatic nitrogens is 3. The Kier molecular flexibility index (Phi) is 9.78. The van der Waals surface area contributed by atoms with Crippen LogP contribution in [0.3, 0.4) is 0 Å². The smallest absolute Gasteiger partial charge is 0.164 e. The molecule has 0 saturated heterocycles. The zero-order valence-corrected chi connectivity index (χ0v) is 31.5. The zero-order chi connectivity index (χ0) is 41.3. The Balaban J connectivity index is 1.15. The Morgan fingerprint density at radius 2 is 0.729 bits per heavy atom. The monoisotopic (exact) mass is 727 g/mol. The minimum atomic E-state index is 0.00809. The highest BCUT2D eigenvalue weighted by atomic mass is 16.3. The number of furan rings is 1. The second kappa shape index (κ2) is 15.0. The first-order chi connectivity index (χ1) is 28.4. The van der Waals surface area contributed by atoms with Crippen LogP contribution in [0.5, 0.6) is 0 Å². The maximum Gasteiger partial charge on any atom is 0.164 e. The maximum atomic E-state index is 6.62. The standard InChI is InChI=1S/C45H19B10N3O/c46-32-30(33(47)37(51)40(54)36(32)50)44-56-43(57-45(58-44)31-34(48)38(52)41(55)39(53)35(31)49)25-17-18-27-28-8-4-7-26(42(28)59-29(27)19-25)24-15-13-23(14-16-24)22-11-9-21(10-12-22)20-5-2-1-3-6-20/h1-19H. The van der Waals surface area contributed by atoms with Crippen LogP contribution in [0.4, 0.5) is 0 Å². The van der Waals surface area contributed by atoms with Gasteiger partial charge >= 0.3 is 0 Å². The molecule has 0 fully saturated rings. The molecule has 0 N–H and O–H groups in total. The van der Waals surface area contributed by atoms with E-state index in [-0.39, 0.29) is 83.2 Å². The van der Waals surface area contributed by atoms with E-state index in [2.05, 4.69) is 65.6 Å². The molecule has 0 atom stereocenters. The quantitative estimate of drug-likeness (QED) is 0.222. The summed E-state index contributed by atoms with van der Waals surface area (Å²) in [5.41, 5.74) is 8.83. The molecule has 0 amide bonds. The van der Waals surface area contributed by atoms with Crippen LogP contribution >= 0.6 is 0 Å². The lowest BCUT2D eigenvalue weighted by Crippen LogP contribution is -2.55. The van der Waals surface area contributed by atoms with Gasteiger partial charge in [0.1, 0.15) is 89.6 Å². The molecule has 0 aliphatic rings. The summed E-state index contributed by atoms with van der Waals surface area (Å²) in [5, 5.41) is 1.82. The number of benzene rings is 7. The van der Waals surface area contributed by atoms with E-state index in [0.29, 0.717) is 11.1 Å². The zero-order valence-electron chi connectivity index (χ0n) is 31.5. The van der Waals surface area contributed by atoms with E-state index in [1.165, 1.54) is 11.1 Å². The number of nitrogens with zero attached hydrogens (tertiary/aromatic N) is 3. The van der Waals surface area contributed by atoms with E-state index in [9.17, 15) is 0 Å². The predicted molar refractivity (Wildman–Crippen MR) is 254 cm³/mol. The maximum absolute atomic E-state index is 6.62. The molecule has 9 rings (SSSR count). The van der Waals surface area contributed by atoms with Crippen LogP contribution < -0.4 is 54.6 Å². The van der Waals surface area contributed by atoms with Gasteiger partial charge in [0.15, 0.2) is 17.5 Å². The first-order valence-electron chi connectivity index (χ1n) is 18.4. The molecule has 20 radical (unpaired) electrons. The lowest BCUT2D eigenvalue weighted by molar-refractivity contribution is 0.670. The third-order valence-electron chi connectivity index (χ3n) is 10.8. The van der Waals surface area contributed by atoms with Crippen molar-refractivity contribution in [2.24, 2.45) is 0 Å². The summed E-state index contributed by atoms with van der Waals surface area (Å²) >= 11 is 0. The van der Waals surface area contributed by atoms with E-state index in [1.807, 2.05) is 54.6 Å². The Bertz CT molecular complexity index is 3010. The van der Waals surface area contributed by atoms with Gasteiger partial charge in [-0.15, -0.1) is 32.8 Å². The summed E-state index contributed by atoms with van der Waals surface area (Å²) in [4.78, 5) is 14.3. The fourth-order valence-corrected chi connectivity index (χ4v) is 7.40. The molecule has 0 unspecified atom stereocenters. The summed E-state index contributed by atoms with van der Waals surface area (Å²) in [7, 11) is 63.1. The molecule has 14 heteroatoms. The molecule has 2 heterocycles. The van der Waals surface area contributed by atoms with E-state index in [1.54, 1.807) is 0 Å². The Labute approximate surface area is 355 Å². The molecule has 7 aromatic carbocycles. The average Bonchev–Trinajstić information content (AvgIpc) is 3.65. The van der Waals surface area contributed by atoms with Gasteiger partial charge in [-0.05, 0) is 39.9 Å². The van der Waals surface area contributed by atoms with Crippen molar-refractivity contribution >= 4 is 155 Å². The summed E-state index contributed by atoms with van der Waals surface area (Å²) in [6.45, 7) is 0. The predicted octanol–water partition coefficient (Wildman–Crippen LogP) is -0.289. The Morgan fingerprint density at radius 3 is 1.22 bits per heavy atom. The highest BCUT2D eigenvalue weighted by molar-refractivity contribution is 6.69. The molecule has 0 spiro atoms.